The van der Waals surface area contributed by atoms with Gasteiger partial charge in [-0.25, -0.2) is 4.98 Å². The van der Waals surface area contributed by atoms with Crippen molar-refractivity contribution in [3.63, 3.8) is 0 Å². The first-order valence-electron chi connectivity index (χ1n) is 23.2. The van der Waals surface area contributed by atoms with Crippen molar-refractivity contribution in [2.75, 3.05) is 45.8 Å². The fourth-order valence-electron chi connectivity index (χ4n) is 7.47. The van der Waals surface area contributed by atoms with Crippen molar-refractivity contribution in [1.29, 1.82) is 0 Å². The number of hydrogen-bond acceptors (Lipinski definition) is 16. The molecule has 4 N–H and O–H groups in total. The van der Waals surface area contributed by atoms with Gasteiger partial charge in [0, 0.05) is 69.2 Å². The predicted octanol–water partition coefficient (Wildman–Crippen LogP) is 4.62. The first-order valence-corrected chi connectivity index (χ1v) is 24.0. The third kappa shape index (κ3) is 15.3. The Morgan fingerprint density at radius 1 is 0.764 bits per heavy atom. The van der Waals surface area contributed by atoms with Gasteiger partial charge in [-0.3, -0.25) is 48.1 Å². The van der Waals surface area contributed by atoms with E-state index in [1.807, 2.05) is 12.1 Å². The number of unbranched alkanes of at least 4 members (excludes halogenated alkanes) is 2. The maximum absolute atomic E-state index is 13.2. The number of aromatic nitrogens is 1. The van der Waals surface area contributed by atoms with Crippen LogP contribution >= 0.6 is 11.3 Å². The minimum atomic E-state index is -1.04. The molecule has 0 radical (unpaired) electrons. The monoisotopic (exact) mass is 1010 g/mol. The summed E-state index contributed by atoms with van der Waals surface area (Å²) in [6.07, 6.45) is 4.20. The molecule has 382 valence electrons. The summed E-state index contributed by atoms with van der Waals surface area (Å²) in [5, 5.41) is 16.7. The van der Waals surface area contributed by atoms with Crippen molar-refractivity contribution in [3.8, 4) is 23.1 Å². The van der Waals surface area contributed by atoms with E-state index in [-0.39, 0.29) is 100 Å². The highest BCUT2D eigenvalue weighted by atomic mass is 32.1. The third-order valence-corrected chi connectivity index (χ3v) is 12.5. The summed E-state index contributed by atoms with van der Waals surface area (Å²) in [5.74, 6) is -2.57. The number of ether oxygens (including phenoxy) is 5. The number of nitrogens with one attached hydrogen (secondary N) is 3. The second-order valence-electron chi connectivity index (χ2n) is 16.8. The van der Waals surface area contributed by atoms with E-state index in [0.29, 0.717) is 82.4 Å². The van der Waals surface area contributed by atoms with E-state index >= 15 is 0 Å². The van der Waals surface area contributed by atoms with Crippen molar-refractivity contribution >= 4 is 80.4 Å². The number of carboxylic acid groups (broad SMARTS) is 1. The number of esters is 1. The Morgan fingerprint density at radius 3 is 2.15 bits per heavy atom. The smallest absolute Gasteiger partial charge is 0.306 e. The van der Waals surface area contributed by atoms with E-state index in [1.54, 1.807) is 41.3 Å². The highest BCUT2D eigenvalue weighted by molar-refractivity contribution is 7.20. The number of aliphatic carboxylic acids is 1. The van der Waals surface area contributed by atoms with Crippen molar-refractivity contribution in [2.24, 2.45) is 0 Å². The summed E-state index contributed by atoms with van der Waals surface area (Å²) < 4.78 is 29.1. The quantitative estimate of drug-likeness (QED) is 0.0262. The van der Waals surface area contributed by atoms with Crippen LogP contribution in [0.2, 0.25) is 0 Å². The molecule has 6 amide bonds. The molecule has 4 heterocycles. The molecular weight excluding hydrogens is 957 g/mol. The minimum Gasteiger partial charge on any atom is -0.493 e. The Balaban J connectivity index is 0.845. The summed E-state index contributed by atoms with van der Waals surface area (Å²) >= 11 is 1.21. The van der Waals surface area contributed by atoms with Crippen LogP contribution in [0.3, 0.4) is 0 Å². The lowest BCUT2D eigenvalue weighted by Crippen LogP contribution is -2.45. The minimum absolute atomic E-state index is 0.0552. The summed E-state index contributed by atoms with van der Waals surface area (Å²) in [6.45, 7) is 2.55. The van der Waals surface area contributed by atoms with Crippen molar-refractivity contribution in [3.05, 3.63) is 82.3 Å². The number of hydrogen-bond donors (Lipinski definition) is 4. The van der Waals surface area contributed by atoms with Gasteiger partial charge in [0.25, 0.3) is 17.7 Å². The molecular formula is C50H56N6O15S. The molecule has 21 nitrogen and oxygen atoms in total. The SMILES string of the molecule is COc1cc2c(cc1OCCCOc1nc3cc(C(=O)CCC(=O)O)sc3cc1OC)CN(C(=O)CCC(=O)OCc1ccc(NC(=O)[C@H](C)NC(=O)CNC(=O)CCCCCN3C(=O)C=CC3=O)cc1)C2. The average Bonchev–Trinajstić information content (AvgIpc) is 4.08. The standard InChI is InChI=1S/C50H56N6O15S/c1-30(52-43(59)26-51-42(58)8-5-4-6-19-56-45(61)14-15-46(56)62)49(66)53-34-11-9-31(10-12-34)29-71-48(65)18-16-44(60)55-27-32-22-37(67-2)38(23-33(32)28-55)69-20-7-21-70-50-39(68-3)25-40-35(54-50)24-41(72-40)36(57)13-17-47(63)64/h9-12,14-15,22-25,30H,4-8,13,16-21,26-29H2,1-3H3,(H,51,58)(H,52,59)(H,53,66)(H,63,64)/t30-/m0/s1. The van der Waals surface area contributed by atoms with Crippen LogP contribution in [-0.2, 0) is 62.8 Å². The zero-order valence-corrected chi connectivity index (χ0v) is 40.9. The number of nitrogens with zero attached hydrogens (tertiary/aromatic N) is 3. The Bertz CT molecular complexity index is 2700. The van der Waals surface area contributed by atoms with Gasteiger partial charge < -0.3 is 49.6 Å². The van der Waals surface area contributed by atoms with Gasteiger partial charge in [0.1, 0.15) is 12.6 Å². The summed E-state index contributed by atoms with van der Waals surface area (Å²) in [5.41, 5.74) is 3.38. The van der Waals surface area contributed by atoms with Crippen molar-refractivity contribution in [1.82, 2.24) is 25.4 Å². The van der Waals surface area contributed by atoms with Crippen LogP contribution in [0.4, 0.5) is 5.69 Å². The predicted molar refractivity (Wildman–Crippen MR) is 259 cm³/mol. The molecule has 2 aromatic heterocycles. The lowest BCUT2D eigenvalue weighted by Gasteiger charge is -2.15. The second-order valence-corrected chi connectivity index (χ2v) is 17.8. The topological polar surface area (TPSA) is 275 Å². The summed E-state index contributed by atoms with van der Waals surface area (Å²) in [7, 11) is 3.01. The Labute approximate surface area is 418 Å². The fourth-order valence-corrected chi connectivity index (χ4v) is 8.47. The molecule has 0 bridgehead atoms. The Kier molecular flexibility index (Phi) is 19.2. The second kappa shape index (κ2) is 25.8. The molecule has 0 saturated carbocycles. The van der Waals surface area contributed by atoms with Gasteiger partial charge in [-0.15, -0.1) is 11.3 Å². The van der Waals surface area contributed by atoms with E-state index in [0.717, 1.165) is 16.0 Å². The van der Waals surface area contributed by atoms with Crippen LogP contribution < -0.4 is 34.9 Å². The molecule has 2 aliphatic rings. The number of carboxylic acids is 1. The maximum atomic E-state index is 13.2. The molecule has 0 unspecified atom stereocenters. The number of methoxy groups -OCH3 is 2. The third-order valence-electron chi connectivity index (χ3n) is 11.4. The van der Waals surface area contributed by atoms with Crippen LogP contribution in [0, 0.1) is 0 Å². The summed E-state index contributed by atoms with van der Waals surface area (Å²) in [6, 6.07) is 12.6. The number of pyridine rings is 1. The summed E-state index contributed by atoms with van der Waals surface area (Å²) in [4.78, 5) is 117. The number of ketones is 1. The van der Waals surface area contributed by atoms with Gasteiger partial charge in [0.05, 0.1) is 61.9 Å². The molecule has 22 heteroatoms. The number of rotatable bonds is 28. The average molecular weight is 1010 g/mol. The van der Waals surface area contributed by atoms with Gasteiger partial charge in [-0.2, -0.15) is 0 Å². The Hall–Kier alpha value is -7.88. The fraction of sp³-hybridized carbons (Fsp3) is 0.400. The zero-order chi connectivity index (χ0) is 51.7. The van der Waals surface area contributed by atoms with Gasteiger partial charge in [-0.1, -0.05) is 18.6 Å². The number of benzene rings is 2. The zero-order valence-electron chi connectivity index (χ0n) is 40.1. The number of anilines is 1. The van der Waals surface area contributed by atoms with E-state index in [9.17, 15) is 43.2 Å². The number of carbonyl (C=O) groups excluding carboxylic acids is 8. The number of Topliss-reactive ketones (excluding diaryl/α,β-unsaturated/α-hetero) is 1. The van der Waals surface area contributed by atoms with Crippen LogP contribution in [0.15, 0.2) is 60.7 Å². The number of amides is 6. The van der Waals surface area contributed by atoms with E-state index in [4.69, 9.17) is 28.8 Å². The highest BCUT2D eigenvalue weighted by Gasteiger charge is 2.27. The van der Waals surface area contributed by atoms with Gasteiger partial charge in [-0.05, 0) is 66.8 Å². The molecule has 0 fully saturated rings. The van der Waals surface area contributed by atoms with Crippen molar-refractivity contribution < 1.29 is 71.9 Å². The van der Waals surface area contributed by atoms with E-state index in [2.05, 4.69) is 20.9 Å². The van der Waals surface area contributed by atoms with Gasteiger partial charge in [0.15, 0.2) is 23.0 Å². The molecule has 6 rings (SSSR count). The molecule has 72 heavy (non-hydrogen) atoms. The van der Waals surface area contributed by atoms with Crippen molar-refractivity contribution in [2.45, 2.75) is 90.4 Å². The first kappa shape index (κ1) is 53.5. The normalized spacial score (nSPS) is 13.1. The van der Waals surface area contributed by atoms with Crippen LogP contribution in [-0.4, -0.2) is 120 Å². The molecule has 4 aromatic rings. The van der Waals surface area contributed by atoms with Crippen LogP contribution in [0.1, 0.15) is 91.1 Å². The maximum Gasteiger partial charge on any atom is 0.306 e. The number of carbonyl (C=O) groups is 9. The number of fused-ring (bicyclic) bond motifs is 2. The lowest BCUT2D eigenvalue weighted by molar-refractivity contribution is -0.147. The van der Waals surface area contributed by atoms with Crippen LogP contribution in [0.5, 0.6) is 23.1 Å². The molecule has 2 aromatic carbocycles. The van der Waals surface area contributed by atoms with Gasteiger partial charge in [0.2, 0.25) is 23.6 Å². The lowest BCUT2D eigenvalue weighted by atomic mass is 10.1. The Morgan fingerprint density at radius 2 is 1.46 bits per heavy atom. The van der Waals surface area contributed by atoms with Gasteiger partial charge >= 0.3 is 11.9 Å². The number of thiophene rings is 1. The molecule has 0 aliphatic carbocycles. The molecule has 1 atom stereocenters. The molecule has 0 spiro atoms. The highest BCUT2D eigenvalue weighted by Crippen LogP contribution is 2.37. The first-order chi connectivity index (χ1) is 34.6. The van der Waals surface area contributed by atoms with E-state index in [1.165, 1.54) is 44.6 Å². The van der Waals surface area contributed by atoms with Crippen LogP contribution in [0.25, 0.3) is 10.2 Å². The molecule has 2 aliphatic heterocycles. The van der Waals surface area contributed by atoms with E-state index < -0.39 is 29.8 Å². The largest absolute Gasteiger partial charge is 0.493 e. The molecule has 0 saturated heterocycles. The number of imide groups is 1.